The van der Waals surface area contributed by atoms with Crippen LogP contribution in [0.5, 0.6) is 0 Å². The molecule has 2 atom stereocenters. The summed E-state index contributed by atoms with van der Waals surface area (Å²) in [5.41, 5.74) is 3.36. The van der Waals surface area contributed by atoms with Gasteiger partial charge in [-0.1, -0.05) is 36.7 Å². The van der Waals surface area contributed by atoms with Crippen molar-refractivity contribution in [3.05, 3.63) is 81.3 Å². The van der Waals surface area contributed by atoms with Crippen LogP contribution < -0.4 is 10.2 Å². The first-order chi connectivity index (χ1) is 12.7. The van der Waals surface area contributed by atoms with E-state index in [4.69, 9.17) is 23.8 Å². The van der Waals surface area contributed by atoms with E-state index in [9.17, 15) is 0 Å². The molecular formula is C20H18ClN3S2. The smallest absolute Gasteiger partial charge is 0.174 e. The molecule has 0 amide bonds. The Labute approximate surface area is 167 Å². The second-order valence-electron chi connectivity index (χ2n) is 6.16. The van der Waals surface area contributed by atoms with E-state index >= 15 is 0 Å². The fraction of sp³-hybridized carbons (Fsp3) is 0.200. The number of thiocarbonyl (C=S) groups is 1. The number of aromatic nitrogens is 1. The molecule has 2 unspecified atom stereocenters. The molecule has 2 aromatic heterocycles. The van der Waals surface area contributed by atoms with E-state index in [-0.39, 0.29) is 12.1 Å². The lowest BCUT2D eigenvalue weighted by Gasteiger charge is -2.27. The van der Waals surface area contributed by atoms with Gasteiger partial charge in [0.15, 0.2) is 5.11 Å². The highest BCUT2D eigenvalue weighted by Crippen LogP contribution is 2.44. The van der Waals surface area contributed by atoms with E-state index in [2.05, 4.69) is 52.5 Å². The summed E-state index contributed by atoms with van der Waals surface area (Å²) in [5, 5.41) is 4.17. The molecule has 0 aliphatic carbocycles. The summed E-state index contributed by atoms with van der Waals surface area (Å²) in [6.45, 7) is 2.16. The highest BCUT2D eigenvalue weighted by atomic mass is 35.5. The van der Waals surface area contributed by atoms with Gasteiger partial charge in [0.1, 0.15) is 0 Å². The van der Waals surface area contributed by atoms with E-state index in [1.807, 2.05) is 30.5 Å². The Morgan fingerprint density at radius 1 is 1.15 bits per heavy atom. The maximum absolute atomic E-state index is 6.23. The van der Waals surface area contributed by atoms with Crippen molar-refractivity contribution in [2.24, 2.45) is 0 Å². The van der Waals surface area contributed by atoms with Crippen LogP contribution in [0.15, 0.2) is 60.8 Å². The summed E-state index contributed by atoms with van der Waals surface area (Å²) in [5.74, 6) is 0. The van der Waals surface area contributed by atoms with Crippen molar-refractivity contribution >= 4 is 46.0 Å². The van der Waals surface area contributed by atoms with E-state index in [0.29, 0.717) is 5.11 Å². The molecular weight excluding hydrogens is 382 g/mol. The molecule has 0 radical (unpaired) electrons. The van der Waals surface area contributed by atoms with Gasteiger partial charge in [-0.15, -0.1) is 11.3 Å². The Kier molecular flexibility index (Phi) is 4.94. The van der Waals surface area contributed by atoms with Crippen LogP contribution in [0.3, 0.4) is 0 Å². The number of halogens is 1. The summed E-state index contributed by atoms with van der Waals surface area (Å²) in [7, 11) is 0. The second-order valence-corrected chi connectivity index (χ2v) is 8.29. The first-order valence-electron chi connectivity index (χ1n) is 8.52. The molecule has 3 heterocycles. The highest BCUT2D eigenvalue weighted by Gasteiger charge is 2.41. The van der Waals surface area contributed by atoms with Crippen molar-refractivity contribution in [1.29, 1.82) is 0 Å². The number of thiophene rings is 1. The van der Waals surface area contributed by atoms with Crippen molar-refractivity contribution in [1.82, 2.24) is 10.3 Å². The predicted octanol–water partition coefficient (Wildman–Crippen LogP) is 5.54. The molecule has 3 nitrogen and oxygen atoms in total. The van der Waals surface area contributed by atoms with Gasteiger partial charge in [0.05, 0.1) is 22.1 Å². The fourth-order valence-electron chi connectivity index (χ4n) is 3.30. The normalized spacial score (nSPS) is 19.6. The monoisotopic (exact) mass is 399 g/mol. The van der Waals surface area contributed by atoms with Crippen LogP contribution in [0.2, 0.25) is 4.34 Å². The Hall–Kier alpha value is -1.95. The SMILES string of the molecule is CCc1ccc(N2C(=S)NC(c3ccccn3)C2c2ccc(Cl)s2)cc1. The molecule has 1 fully saturated rings. The number of anilines is 1. The molecule has 132 valence electrons. The molecule has 6 heteroatoms. The molecule has 3 aromatic rings. The van der Waals surface area contributed by atoms with E-state index in [0.717, 1.165) is 27.0 Å². The second kappa shape index (κ2) is 7.35. The van der Waals surface area contributed by atoms with Crippen molar-refractivity contribution in [2.75, 3.05) is 4.90 Å². The highest BCUT2D eigenvalue weighted by molar-refractivity contribution is 7.80. The zero-order valence-corrected chi connectivity index (χ0v) is 16.6. The number of rotatable bonds is 4. The third-order valence-electron chi connectivity index (χ3n) is 4.61. The van der Waals surface area contributed by atoms with Crippen LogP contribution in [-0.4, -0.2) is 10.1 Å². The van der Waals surface area contributed by atoms with E-state index < -0.39 is 0 Å². The van der Waals surface area contributed by atoms with Crippen molar-refractivity contribution in [2.45, 2.75) is 25.4 Å². The number of pyridine rings is 1. The molecule has 1 N–H and O–H groups in total. The third kappa shape index (κ3) is 3.22. The van der Waals surface area contributed by atoms with Crippen LogP contribution in [-0.2, 0) is 6.42 Å². The largest absolute Gasteiger partial charge is 0.351 e. The zero-order chi connectivity index (χ0) is 18.1. The Bertz CT molecular complexity index is 908. The number of aryl methyl sites for hydroxylation is 1. The number of benzene rings is 1. The number of hydrogen-bond donors (Lipinski definition) is 1. The van der Waals surface area contributed by atoms with Crippen LogP contribution in [0.4, 0.5) is 5.69 Å². The minimum Gasteiger partial charge on any atom is -0.351 e. The standard InChI is InChI=1S/C20H18ClN3S2/c1-2-13-6-8-14(9-7-13)24-19(16-10-11-17(21)26-16)18(23-20(24)25)15-5-3-4-12-22-15/h3-12,18-19H,2H2,1H3,(H,23,25). The van der Waals surface area contributed by atoms with Gasteiger partial charge in [0.25, 0.3) is 0 Å². The summed E-state index contributed by atoms with van der Waals surface area (Å²) in [4.78, 5) is 7.90. The summed E-state index contributed by atoms with van der Waals surface area (Å²) >= 11 is 13.5. The topological polar surface area (TPSA) is 28.2 Å². The molecule has 0 spiro atoms. The zero-order valence-electron chi connectivity index (χ0n) is 14.2. The molecule has 1 aromatic carbocycles. The Morgan fingerprint density at radius 3 is 2.58 bits per heavy atom. The van der Waals surface area contributed by atoms with Gasteiger partial charge in [-0.3, -0.25) is 4.98 Å². The van der Waals surface area contributed by atoms with Gasteiger partial charge < -0.3 is 10.2 Å². The van der Waals surface area contributed by atoms with Crippen molar-refractivity contribution < 1.29 is 0 Å². The quantitative estimate of drug-likeness (QED) is 0.583. The summed E-state index contributed by atoms with van der Waals surface area (Å²) < 4.78 is 0.777. The first-order valence-corrected chi connectivity index (χ1v) is 10.1. The first kappa shape index (κ1) is 17.5. The molecule has 1 aliphatic rings. The van der Waals surface area contributed by atoms with Crippen LogP contribution >= 0.6 is 35.2 Å². The van der Waals surface area contributed by atoms with Crippen LogP contribution in [0.25, 0.3) is 0 Å². The summed E-state index contributed by atoms with van der Waals surface area (Å²) in [6, 6.07) is 18.6. The average Bonchev–Trinajstić information content (AvgIpc) is 3.25. The molecule has 1 aliphatic heterocycles. The lowest BCUT2D eigenvalue weighted by Crippen LogP contribution is -2.29. The van der Waals surface area contributed by atoms with Gasteiger partial charge in [-0.25, -0.2) is 0 Å². The minimum atomic E-state index is -0.0238. The fourth-order valence-corrected chi connectivity index (χ4v) is 4.84. The average molecular weight is 400 g/mol. The lowest BCUT2D eigenvalue weighted by molar-refractivity contribution is 0.575. The molecule has 26 heavy (non-hydrogen) atoms. The van der Waals surface area contributed by atoms with E-state index in [1.165, 1.54) is 5.56 Å². The molecule has 1 saturated heterocycles. The van der Waals surface area contributed by atoms with Gasteiger partial charge in [-0.2, -0.15) is 0 Å². The minimum absolute atomic E-state index is 0.0161. The van der Waals surface area contributed by atoms with Crippen LogP contribution in [0, 0.1) is 0 Å². The molecule has 0 saturated carbocycles. The lowest BCUT2D eigenvalue weighted by atomic mass is 10.0. The maximum atomic E-state index is 6.23. The Balaban J connectivity index is 1.79. The van der Waals surface area contributed by atoms with E-state index in [1.54, 1.807) is 11.3 Å². The van der Waals surface area contributed by atoms with Crippen molar-refractivity contribution in [3.8, 4) is 0 Å². The number of nitrogens with one attached hydrogen (secondary N) is 1. The van der Waals surface area contributed by atoms with Gasteiger partial charge in [0.2, 0.25) is 0 Å². The molecule has 0 bridgehead atoms. The van der Waals surface area contributed by atoms with Gasteiger partial charge >= 0.3 is 0 Å². The summed E-state index contributed by atoms with van der Waals surface area (Å²) in [6.07, 6.45) is 2.83. The van der Waals surface area contributed by atoms with Gasteiger partial charge in [0, 0.05) is 16.8 Å². The number of hydrogen-bond acceptors (Lipinski definition) is 3. The number of nitrogens with zero attached hydrogens (tertiary/aromatic N) is 2. The molecule has 4 rings (SSSR count). The predicted molar refractivity (Wildman–Crippen MR) is 113 cm³/mol. The Morgan fingerprint density at radius 2 is 1.96 bits per heavy atom. The van der Waals surface area contributed by atoms with Gasteiger partial charge in [-0.05, 0) is 60.6 Å². The van der Waals surface area contributed by atoms with Crippen LogP contribution in [0.1, 0.15) is 35.1 Å². The van der Waals surface area contributed by atoms with Crippen molar-refractivity contribution in [3.63, 3.8) is 0 Å². The third-order valence-corrected chi connectivity index (χ3v) is 6.22. The maximum Gasteiger partial charge on any atom is 0.174 e.